The Balaban J connectivity index is 1.69. The zero-order valence-electron chi connectivity index (χ0n) is 15.8. The van der Waals surface area contributed by atoms with Crippen LogP contribution in [0.15, 0.2) is 48.7 Å². The van der Waals surface area contributed by atoms with Gasteiger partial charge in [-0.05, 0) is 30.2 Å². The minimum absolute atomic E-state index is 0.108. The van der Waals surface area contributed by atoms with E-state index in [0.29, 0.717) is 11.4 Å². The van der Waals surface area contributed by atoms with Crippen molar-refractivity contribution in [2.24, 2.45) is 5.92 Å². The van der Waals surface area contributed by atoms with Gasteiger partial charge in [0.05, 0.1) is 23.6 Å². The number of nitrogens with zero attached hydrogens (tertiary/aromatic N) is 2. The summed E-state index contributed by atoms with van der Waals surface area (Å²) >= 11 is 0. The molecule has 1 aliphatic heterocycles. The quantitative estimate of drug-likeness (QED) is 0.736. The Morgan fingerprint density at radius 2 is 1.93 bits per heavy atom. The lowest BCUT2D eigenvalue weighted by molar-refractivity contribution is -0.124. The van der Waals surface area contributed by atoms with Gasteiger partial charge in [0.25, 0.3) is 0 Å². The van der Waals surface area contributed by atoms with E-state index in [1.807, 2.05) is 26.0 Å². The summed E-state index contributed by atoms with van der Waals surface area (Å²) < 4.78 is 0. The van der Waals surface area contributed by atoms with Gasteiger partial charge >= 0.3 is 6.03 Å². The summed E-state index contributed by atoms with van der Waals surface area (Å²) in [5.74, 6) is -0.722. The van der Waals surface area contributed by atoms with Crippen molar-refractivity contribution in [3.63, 3.8) is 0 Å². The molecule has 2 heterocycles. The second kappa shape index (κ2) is 8.51. The predicted molar refractivity (Wildman–Crippen MR) is 106 cm³/mol. The molecule has 1 aromatic heterocycles. The van der Waals surface area contributed by atoms with Gasteiger partial charge in [-0.1, -0.05) is 32.0 Å². The molecule has 0 aliphatic carbocycles. The summed E-state index contributed by atoms with van der Waals surface area (Å²) in [7, 11) is 0. The van der Waals surface area contributed by atoms with Crippen LogP contribution < -0.4 is 20.9 Å². The fraction of sp³-hybridized carbons (Fsp3) is 0.300. The number of carbonyl (C=O) groups excluding carboxylic acids is 3. The van der Waals surface area contributed by atoms with Crippen LogP contribution in [-0.2, 0) is 16.1 Å². The van der Waals surface area contributed by atoms with Crippen LogP contribution in [0.25, 0.3) is 0 Å². The molecule has 1 unspecified atom stereocenters. The number of urea groups is 1. The number of fused-ring (bicyclic) bond motifs is 1. The molecule has 4 amide bonds. The number of aromatic nitrogens is 1. The SMILES string of the molecule is CC(C)C(NC(=O)N1CC(=O)Nc2ccccc21)C(=O)NCc1ccccn1. The summed E-state index contributed by atoms with van der Waals surface area (Å²) in [6.07, 6.45) is 1.65. The van der Waals surface area contributed by atoms with E-state index in [4.69, 9.17) is 0 Å². The van der Waals surface area contributed by atoms with Crippen LogP contribution in [0, 0.1) is 5.92 Å². The average molecular weight is 381 g/mol. The molecule has 3 N–H and O–H groups in total. The highest BCUT2D eigenvalue weighted by Crippen LogP contribution is 2.28. The first-order chi connectivity index (χ1) is 13.5. The van der Waals surface area contributed by atoms with Gasteiger partial charge in [-0.25, -0.2) is 4.79 Å². The maximum absolute atomic E-state index is 12.8. The standard InChI is InChI=1S/C20H23N5O3/c1-13(2)18(19(27)22-11-14-7-5-6-10-21-14)24-20(28)25-12-17(26)23-15-8-3-4-9-16(15)25/h3-10,13,18H,11-12H2,1-2H3,(H,22,27)(H,23,26)(H,24,28). The molecule has 0 saturated heterocycles. The Kier molecular flexibility index (Phi) is 5.88. The number of pyridine rings is 1. The fourth-order valence-corrected chi connectivity index (χ4v) is 2.95. The minimum atomic E-state index is -0.742. The first-order valence-electron chi connectivity index (χ1n) is 9.10. The molecule has 28 heavy (non-hydrogen) atoms. The third-order valence-corrected chi connectivity index (χ3v) is 4.41. The molecule has 2 aromatic rings. The second-order valence-corrected chi connectivity index (χ2v) is 6.86. The smallest absolute Gasteiger partial charge is 0.323 e. The molecular weight excluding hydrogens is 358 g/mol. The zero-order valence-corrected chi connectivity index (χ0v) is 15.8. The monoisotopic (exact) mass is 381 g/mol. The molecule has 0 radical (unpaired) electrons. The van der Waals surface area contributed by atoms with Crippen molar-refractivity contribution in [3.05, 3.63) is 54.4 Å². The van der Waals surface area contributed by atoms with Crippen LogP contribution in [0.4, 0.5) is 16.2 Å². The lowest BCUT2D eigenvalue weighted by Crippen LogP contribution is -2.55. The molecule has 1 aromatic carbocycles. The lowest BCUT2D eigenvalue weighted by Gasteiger charge is -2.31. The van der Waals surface area contributed by atoms with Crippen molar-refractivity contribution < 1.29 is 14.4 Å². The van der Waals surface area contributed by atoms with Gasteiger partial charge in [0, 0.05) is 6.20 Å². The van der Waals surface area contributed by atoms with Crippen LogP contribution in [0.1, 0.15) is 19.5 Å². The normalized spacial score (nSPS) is 14.1. The molecule has 0 bridgehead atoms. The number of rotatable bonds is 5. The summed E-state index contributed by atoms with van der Waals surface area (Å²) in [5.41, 5.74) is 1.89. The van der Waals surface area contributed by atoms with Gasteiger partial charge < -0.3 is 16.0 Å². The first kappa shape index (κ1) is 19.3. The van der Waals surface area contributed by atoms with Gasteiger partial charge in [-0.2, -0.15) is 0 Å². The van der Waals surface area contributed by atoms with E-state index in [0.717, 1.165) is 5.69 Å². The zero-order chi connectivity index (χ0) is 20.1. The number of anilines is 2. The van der Waals surface area contributed by atoms with Crippen molar-refractivity contribution >= 4 is 29.2 Å². The van der Waals surface area contributed by atoms with Crippen LogP contribution >= 0.6 is 0 Å². The summed E-state index contributed by atoms with van der Waals surface area (Å²) in [5, 5.41) is 8.30. The first-order valence-corrected chi connectivity index (χ1v) is 9.10. The average Bonchev–Trinajstić information content (AvgIpc) is 2.69. The van der Waals surface area contributed by atoms with Crippen molar-refractivity contribution in [1.82, 2.24) is 15.6 Å². The summed E-state index contributed by atoms with van der Waals surface area (Å²) in [6.45, 7) is 3.86. The molecule has 3 rings (SSSR count). The molecule has 8 nitrogen and oxygen atoms in total. The van der Waals surface area contributed by atoms with Crippen molar-refractivity contribution in [3.8, 4) is 0 Å². The lowest BCUT2D eigenvalue weighted by atomic mass is 10.0. The van der Waals surface area contributed by atoms with E-state index in [1.165, 1.54) is 4.90 Å². The summed E-state index contributed by atoms with van der Waals surface area (Å²) in [6, 6.07) is 11.3. The number of amides is 4. The van der Waals surface area contributed by atoms with E-state index in [1.54, 1.807) is 36.5 Å². The third kappa shape index (κ3) is 4.46. The largest absolute Gasteiger partial charge is 0.349 e. The number of para-hydroxylation sites is 2. The number of hydrogen-bond donors (Lipinski definition) is 3. The van der Waals surface area contributed by atoms with Gasteiger partial charge in [0.15, 0.2) is 0 Å². The highest BCUT2D eigenvalue weighted by atomic mass is 16.2. The number of nitrogens with one attached hydrogen (secondary N) is 3. The summed E-state index contributed by atoms with van der Waals surface area (Å²) in [4.78, 5) is 42.9. The van der Waals surface area contributed by atoms with Gasteiger partial charge in [-0.15, -0.1) is 0 Å². The van der Waals surface area contributed by atoms with Crippen molar-refractivity contribution in [2.75, 3.05) is 16.8 Å². The second-order valence-electron chi connectivity index (χ2n) is 6.86. The van der Waals surface area contributed by atoms with Crippen LogP contribution in [0.2, 0.25) is 0 Å². The van der Waals surface area contributed by atoms with E-state index < -0.39 is 12.1 Å². The Bertz CT molecular complexity index is 869. The Hall–Kier alpha value is -3.42. The number of carbonyl (C=O) groups is 3. The molecule has 146 valence electrons. The van der Waals surface area contributed by atoms with Gasteiger partial charge in [-0.3, -0.25) is 19.5 Å². The maximum atomic E-state index is 12.8. The van der Waals surface area contributed by atoms with Crippen LogP contribution in [-0.4, -0.2) is 35.4 Å². The molecule has 1 aliphatic rings. The fourth-order valence-electron chi connectivity index (χ4n) is 2.95. The minimum Gasteiger partial charge on any atom is -0.349 e. The molecule has 8 heteroatoms. The Labute approximate surface area is 163 Å². The van der Waals surface area contributed by atoms with Crippen molar-refractivity contribution in [2.45, 2.75) is 26.4 Å². The maximum Gasteiger partial charge on any atom is 0.323 e. The molecule has 0 spiro atoms. The van der Waals surface area contributed by atoms with Crippen LogP contribution in [0.3, 0.4) is 0 Å². The third-order valence-electron chi connectivity index (χ3n) is 4.41. The van der Waals surface area contributed by atoms with E-state index in [9.17, 15) is 14.4 Å². The van der Waals surface area contributed by atoms with Gasteiger partial charge in [0.1, 0.15) is 12.6 Å². The Morgan fingerprint density at radius 1 is 1.18 bits per heavy atom. The van der Waals surface area contributed by atoms with Crippen molar-refractivity contribution in [1.29, 1.82) is 0 Å². The van der Waals surface area contributed by atoms with E-state index >= 15 is 0 Å². The molecule has 0 fully saturated rings. The number of hydrogen-bond acceptors (Lipinski definition) is 4. The molecular formula is C20H23N5O3. The molecule has 0 saturated carbocycles. The van der Waals surface area contributed by atoms with Gasteiger partial charge in [0.2, 0.25) is 11.8 Å². The molecule has 1 atom stereocenters. The highest BCUT2D eigenvalue weighted by Gasteiger charge is 2.31. The Morgan fingerprint density at radius 3 is 2.64 bits per heavy atom. The highest BCUT2D eigenvalue weighted by molar-refractivity contribution is 6.10. The van der Waals surface area contributed by atoms with E-state index in [-0.39, 0.29) is 30.8 Å². The number of benzene rings is 1. The topological polar surface area (TPSA) is 103 Å². The van der Waals surface area contributed by atoms with E-state index in [2.05, 4.69) is 20.9 Å². The predicted octanol–water partition coefficient (Wildman–Crippen LogP) is 1.89. The van der Waals surface area contributed by atoms with Crippen LogP contribution in [0.5, 0.6) is 0 Å².